The van der Waals surface area contributed by atoms with Gasteiger partial charge in [-0.3, -0.25) is 19.3 Å². The summed E-state index contributed by atoms with van der Waals surface area (Å²) in [7, 11) is 0. The molecule has 0 aromatic carbocycles. The van der Waals surface area contributed by atoms with Gasteiger partial charge < -0.3 is 25.0 Å². The van der Waals surface area contributed by atoms with Gasteiger partial charge in [0.1, 0.15) is 4.88 Å². The van der Waals surface area contributed by atoms with Crippen LogP contribution in [0.4, 0.5) is 5.13 Å². The Morgan fingerprint density at radius 2 is 1.94 bits per heavy atom. The second-order valence-corrected chi connectivity index (χ2v) is 9.32. The summed E-state index contributed by atoms with van der Waals surface area (Å²) in [5, 5.41) is 10.9. The van der Waals surface area contributed by atoms with Gasteiger partial charge in [-0.25, -0.2) is 4.98 Å². The Balaban J connectivity index is 0.000000913. The standard InChI is InChI=1S/C20H31N5O3S.CH2O2/c1-3-21-19-22-15(2)16(29-19)17(26)25-7-5-20(14-25)4-6-24(18(20)27)9-8-23-10-12-28-13-11-23;2-1-3/h3-14H2,1-2H3,(H,21,22);1H,(H,2,3). The molecule has 0 saturated carbocycles. The molecule has 3 aliphatic heterocycles. The molecule has 1 aromatic rings. The van der Waals surface area contributed by atoms with Crippen molar-refractivity contribution in [3.63, 3.8) is 0 Å². The van der Waals surface area contributed by atoms with E-state index in [0.29, 0.717) is 18.0 Å². The first kappa shape index (κ1) is 24.4. The molecule has 11 heteroatoms. The molecule has 0 radical (unpaired) electrons. The molecule has 2 amide bonds. The highest BCUT2D eigenvalue weighted by Gasteiger charge is 2.51. The van der Waals surface area contributed by atoms with Crippen LogP contribution in [0.15, 0.2) is 0 Å². The van der Waals surface area contributed by atoms with Gasteiger partial charge in [0.05, 0.1) is 24.3 Å². The fourth-order valence-electron chi connectivity index (χ4n) is 4.58. The summed E-state index contributed by atoms with van der Waals surface area (Å²) < 4.78 is 5.40. The number of aromatic nitrogens is 1. The monoisotopic (exact) mass is 467 g/mol. The summed E-state index contributed by atoms with van der Waals surface area (Å²) in [6, 6.07) is 0. The van der Waals surface area contributed by atoms with Crippen LogP contribution in [-0.2, 0) is 14.3 Å². The predicted octanol–water partition coefficient (Wildman–Crippen LogP) is 0.981. The number of hydrogen-bond donors (Lipinski definition) is 2. The fraction of sp³-hybridized carbons (Fsp3) is 0.714. The van der Waals surface area contributed by atoms with Crippen molar-refractivity contribution in [3.05, 3.63) is 10.6 Å². The summed E-state index contributed by atoms with van der Waals surface area (Å²) in [5.41, 5.74) is 0.380. The zero-order valence-electron chi connectivity index (χ0n) is 18.8. The SMILES string of the molecule is CCNc1nc(C)c(C(=O)N2CCC3(CCN(CCN4CCOCC4)C3=O)C2)s1.O=CO. The lowest BCUT2D eigenvalue weighted by Gasteiger charge is -2.29. The van der Waals surface area contributed by atoms with Gasteiger partial charge in [-0.15, -0.1) is 0 Å². The zero-order valence-corrected chi connectivity index (χ0v) is 19.7. The van der Waals surface area contributed by atoms with Crippen LogP contribution in [0.5, 0.6) is 0 Å². The van der Waals surface area contributed by atoms with Crippen molar-refractivity contribution in [1.29, 1.82) is 0 Å². The third kappa shape index (κ3) is 5.38. The molecular formula is C21H33N5O5S. The lowest BCUT2D eigenvalue weighted by atomic mass is 9.85. The minimum atomic E-state index is -0.385. The maximum Gasteiger partial charge on any atom is 0.290 e. The summed E-state index contributed by atoms with van der Waals surface area (Å²) in [4.78, 5) is 46.0. The molecule has 10 nitrogen and oxygen atoms in total. The molecule has 1 spiro atoms. The van der Waals surface area contributed by atoms with Crippen molar-refractivity contribution >= 4 is 34.8 Å². The van der Waals surface area contributed by atoms with Gasteiger partial charge in [0.25, 0.3) is 12.4 Å². The Labute approximate surface area is 192 Å². The van der Waals surface area contributed by atoms with Gasteiger partial charge in [-0.1, -0.05) is 11.3 Å². The van der Waals surface area contributed by atoms with E-state index in [1.54, 1.807) is 0 Å². The minimum Gasteiger partial charge on any atom is -0.483 e. The van der Waals surface area contributed by atoms with Crippen molar-refractivity contribution in [2.45, 2.75) is 26.7 Å². The second kappa shape index (κ2) is 11.1. The highest BCUT2D eigenvalue weighted by Crippen LogP contribution is 2.41. The van der Waals surface area contributed by atoms with Crippen molar-refractivity contribution < 1.29 is 24.2 Å². The quantitative estimate of drug-likeness (QED) is 0.595. The van der Waals surface area contributed by atoms with Crippen molar-refractivity contribution in [1.82, 2.24) is 19.7 Å². The van der Waals surface area contributed by atoms with E-state index >= 15 is 0 Å². The number of thiazole rings is 1. The number of ether oxygens (including phenoxy) is 1. The van der Waals surface area contributed by atoms with Gasteiger partial charge in [0, 0.05) is 52.4 Å². The van der Waals surface area contributed by atoms with E-state index in [0.717, 1.165) is 76.1 Å². The highest BCUT2D eigenvalue weighted by molar-refractivity contribution is 7.17. The zero-order chi connectivity index (χ0) is 23.1. The number of carbonyl (C=O) groups excluding carboxylic acids is 2. The van der Waals surface area contributed by atoms with E-state index in [1.165, 1.54) is 11.3 Å². The molecule has 2 N–H and O–H groups in total. The van der Waals surface area contributed by atoms with Gasteiger partial charge in [-0.2, -0.15) is 0 Å². The molecule has 3 fully saturated rings. The van der Waals surface area contributed by atoms with E-state index in [9.17, 15) is 9.59 Å². The lowest BCUT2D eigenvalue weighted by Crippen LogP contribution is -2.43. The number of likely N-dealkylation sites (tertiary alicyclic amines) is 2. The number of carbonyl (C=O) groups is 3. The summed E-state index contributed by atoms with van der Waals surface area (Å²) in [6.45, 7) is 11.5. The van der Waals surface area contributed by atoms with E-state index in [2.05, 4.69) is 15.2 Å². The van der Waals surface area contributed by atoms with Crippen LogP contribution in [0.25, 0.3) is 0 Å². The first-order chi connectivity index (χ1) is 15.4. The first-order valence-corrected chi connectivity index (χ1v) is 11.9. The van der Waals surface area contributed by atoms with Crippen molar-refractivity contribution in [3.8, 4) is 0 Å². The molecular weight excluding hydrogens is 434 g/mol. The summed E-state index contributed by atoms with van der Waals surface area (Å²) >= 11 is 1.41. The molecule has 178 valence electrons. The van der Waals surface area contributed by atoms with Gasteiger partial charge in [0.2, 0.25) is 5.91 Å². The van der Waals surface area contributed by atoms with Crippen LogP contribution in [0.1, 0.15) is 35.1 Å². The molecule has 4 rings (SSSR count). The Morgan fingerprint density at radius 1 is 1.25 bits per heavy atom. The van der Waals surface area contributed by atoms with Crippen LogP contribution >= 0.6 is 11.3 Å². The average Bonchev–Trinajstić information content (AvgIpc) is 3.47. The molecule has 4 heterocycles. The first-order valence-electron chi connectivity index (χ1n) is 11.1. The number of rotatable bonds is 6. The maximum atomic E-state index is 13.2. The van der Waals surface area contributed by atoms with Crippen LogP contribution in [0.3, 0.4) is 0 Å². The average molecular weight is 468 g/mol. The van der Waals surface area contributed by atoms with Crippen LogP contribution < -0.4 is 5.32 Å². The van der Waals surface area contributed by atoms with Crippen LogP contribution in [-0.4, -0.2) is 109 Å². The predicted molar refractivity (Wildman–Crippen MR) is 121 cm³/mol. The second-order valence-electron chi connectivity index (χ2n) is 8.32. The van der Waals surface area contributed by atoms with Crippen LogP contribution in [0, 0.1) is 12.3 Å². The maximum absolute atomic E-state index is 13.2. The van der Waals surface area contributed by atoms with E-state index in [4.69, 9.17) is 14.6 Å². The van der Waals surface area contributed by atoms with Gasteiger partial charge in [0.15, 0.2) is 5.13 Å². The molecule has 1 unspecified atom stereocenters. The Hall–Kier alpha value is -2.24. The smallest absolute Gasteiger partial charge is 0.290 e. The molecule has 0 aliphatic carbocycles. The number of hydrogen-bond acceptors (Lipinski definition) is 8. The number of amides is 2. The fourth-order valence-corrected chi connectivity index (χ4v) is 5.59. The van der Waals surface area contributed by atoms with E-state index < -0.39 is 0 Å². The molecule has 32 heavy (non-hydrogen) atoms. The third-order valence-corrected chi connectivity index (χ3v) is 7.45. The largest absolute Gasteiger partial charge is 0.483 e. The topological polar surface area (TPSA) is 115 Å². The van der Waals surface area contributed by atoms with E-state index in [-0.39, 0.29) is 23.7 Å². The number of nitrogens with one attached hydrogen (secondary N) is 1. The lowest BCUT2D eigenvalue weighted by molar-refractivity contribution is -0.135. The summed E-state index contributed by atoms with van der Waals surface area (Å²) in [5.74, 6) is 0.246. The van der Waals surface area contributed by atoms with E-state index in [1.807, 2.05) is 23.6 Å². The molecule has 0 bridgehead atoms. The number of carboxylic acid groups (broad SMARTS) is 1. The Kier molecular flexibility index (Phi) is 8.44. The van der Waals surface area contributed by atoms with Crippen molar-refractivity contribution in [2.24, 2.45) is 5.41 Å². The Bertz CT molecular complexity index is 813. The molecule has 1 atom stereocenters. The molecule has 3 saturated heterocycles. The minimum absolute atomic E-state index is 0.0144. The van der Waals surface area contributed by atoms with Crippen LogP contribution in [0.2, 0.25) is 0 Å². The normalized spacial score (nSPS) is 23.4. The highest BCUT2D eigenvalue weighted by atomic mass is 32.1. The Morgan fingerprint density at radius 3 is 2.62 bits per heavy atom. The third-order valence-electron chi connectivity index (χ3n) is 6.35. The van der Waals surface area contributed by atoms with Gasteiger partial charge >= 0.3 is 0 Å². The summed E-state index contributed by atoms with van der Waals surface area (Å²) in [6.07, 6.45) is 1.62. The number of morpholine rings is 1. The number of anilines is 1. The molecule has 1 aromatic heterocycles. The van der Waals surface area contributed by atoms with Gasteiger partial charge in [-0.05, 0) is 26.7 Å². The number of aryl methyl sites for hydroxylation is 1. The van der Waals surface area contributed by atoms with Crippen molar-refractivity contribution in [2.75, 3.05) is 70.9 Å². The number of nitrogens with zero attached hydrogens (tertiary/aromatic N) is 4. The molecule has 3 aliphatic rings.